The molecule has 3 amide bonds. The number of nitrogens with one attached hydrogen (secondary N) is 1. The summed E-state index contributed by atoms with van der Waals surface area (Å²) in [7, 11) is 0. The minimum atomic E-state index is -5.04. The van der Waals surface area contributed by atoms with Gasteiger partial charge in [-0.25, -0.2) is 0 Å². The molecule has 1 aromatic rings. The molecule has 0 spiro atoms. The lowest BCUT2D eigenvalue weighted by Gasteiger charge is -2.36. The Morgan fingerprint density at radius 1 is 1.19 bits per heavy atom. The van der Waals surface area contributed by atoms with Crippen molar-refractivity contribution in [1.82, 2.24) is 15.1 Å². The second-order valence-electron chi connectivity index (χ2n) is 8.36. The van der Waals surface area contributed by atoms with Gasteiger partial charge in [-0.2, -0.15) is 13.2 Å². The van der Waals surface area contributed by atoms with E-state index in [2.05, 4.69) is 5.32 Å². The lowest BCUT2D eigenvalue weighted by molar-refractivity contribution is -0.188. The molecule has 0 saturated carbocycles. The van der Waals surface area contributed by atoms with Gasteiger partial charge >= 0.3 is 12.1 Å². The van der Waals surface area contributed by atoms with Crippen LogP contribution in [0.5, 0.6) is 0 Å². The van der Waals surface area contributed by atoms with Crippen LogP contribution in [0.1, 0.15) is 45.2 Å². The topological polar surface area (TPSA) is 95.7 Å². The molecule has 0 aromatic heterocycles. The normalized spacial score (nSPS) is 18.4. The number of benzene rings is 1. The number of nitrogens with zero attached hydrogens (tertiary/aromatic N) is 2. The molecule has 0 radical (unpaired) electrons. The van der Waals surface area contributed by atoms with E-state index in [4.69, 9.17) is 5.73 Å². The molecule has 1 aliphatic rings. The number of nitrogens with two attached hydrogens (primary N) is 1. The first-order valence-corrected chi connectivity index (χ1v) is 10.7. The molecule has 0 unspecified atom stereocenters. The highest BCUT2D eigenvalue weighted by Gasteiger charge is 2.46. The van der Waals surface area contributed by atoms with E-state index in [0.29, 0.717) is 24.9 Å². The highest BCUT2D eigenvalue weighted by atomic mass is 19.4. The summed E-state index contributed by atoms with van der Waals surface area (Å²) in [5, 5.41) is 2.60. The van der Waals surface area contributed by atoms with Crippen molar-refractivity contribution >= 4 is 17.7 Å². The second-order valence-corrected chi connectivity index (χ2v) is 8.36. The van der Waals surface area contributed by atoms with E-state index in [1.54, 1.807) is 51.1 Å². The summed E-state index contributed by atoms with van der Waals surface area (Å²) in [4.78, 5) is 39.5. The minimum Gasteiger partial charge on any atom is -0.343 e. The predicted octanol–water partition coefficient (Wildman–Crippen LogP) is 2.23. The molecule has 2 rings (SSSR count). The van der Waals surface area contributed by atoms with Crippen LogP contribution in [-0.4, -0.2) is 65.4 Å². The van der Waals surface area contributed by atoms with E-state index >= 15 is 0 Å². The van der Waals surface area contributed by atoms with E-state index in [0.717, 1.165) is 4.90 Å². The van der Waals surface area contributed by atoms with Gasteiger partial charge in [0, 0.05) is 19.1 Å². The lowest BCUT2D eigenvalue weighted by atomic mass is 10.0. The fourth-order valence-electron chi connectivity index (χ4n) is 3.96. The van der Waals surface area contributed by atoms with E-state index in [9.17, 15) is 27.6 Å². The molecule has 1 aromatic carbocycles. The Labute approximate surface area is 186 Å². The molecular formula is C22H31F3N4O3. The molecule has 0 bridgehead atoms. The number of halogens is 3. The monoisotopic (exact) mass is 456 g/mol. The molecule has 3 N–H and O–H groups in total. The average molecular weight is 457 g/mol. The summed E-state index contributed by atoms with van der Waals surface area (Å²) in [6, 6.07) is 6.19. The Bertz CT molecular complexity index is 801. The maximum Gasteiger partial charge on any atom is 0.471 e. The first-order valence-electron chi connectivity index (χ1n) is 10.7. The van der Waals surface area contributed by atoms with Crippen LogP contribution in [0.25, 0.3) is 0 Å². The Morgan fingerprint density at radius 3 is 2.34 bits per heavy atom. The van der Waals surface area contributed by atoms with Gasteiger partial charge in [0.2, 0.25) is 11.8 Å². The van der Waals surface area contributed by atoms with Crippen molar-refractivity contribution in [2.75, 3.05) is 19.6 Å². The summed E-state index contributed by atoms with van der Waals surface area (Å²) in [5.41, 5.74) is 5.91. The zero-order valence-electron chi connectivity index (χ0n) is 18.6. The number of alkyl halides is 3. The molecule has 0 aliphatic carbocycles. The maximum absolute atomic E-state index is 13.4. The first-order chi connectivity index (χ1) is 15.0. The number of carbonyl (C=O) groups is 3. The quantitative estimate of drug-likeness (QED) is 0.627. The van der Waals surface area contributed by atoms with Gasteiger partial charge < -0.3 is 20.9 Å². The third-order valence-electron chi connectivity index (χ3n) is 5.76. The van der Waals surface area contributed by atoms with Gasteiger partial charge in [-0.3, -0.25) is 14.4 Å². The van der Waals surface area contributed by atoms with Crippen LogP contribution in [0.3, 0.4) is 0 Å². The van der Waals surface area contributed by atoms with Crippen LogP contribution >= 0.6 is 0 Å². The van der Waals surface area contributed by atoms with Crippen LogP contribution < -0.4 is 11.1 Å². The zero-order valence-corrected chi connectivity index (χ0v) is 18.6. The Kier molecular flexibility index (Phi) is 8.65. The molecule has 1 aliphatic heterocycles. The van der Waals surface area contributed by atoms with Crippen LogP contribution in [0.15, 0.2) is 30.3 Å². The number of hydrogen-bond donors (Lipinski definition) is 2. The SMILES string of the molecule is CC(C)[C@H](NC(=O)CN)C(=O)N1CCC[C@H]1CN(C(=O)C(F)(F)F)[C@H](C)c1ccccc1. The molecule has 3 atom stereocenters. The summed E-state index contributed by atoms with van der Waals surface area (Å²) < 4.78 is 40.2. The van der Waals surface area contributed by atoms with Gasteiger partial charge in [0.15, 0.2) is 0 Å². The fourth-order valence-corrected chi connectivity index (χ4v) is 3.96. The fraction of sp³-hybridized carbons (Fsp3) is 0.591. The number of amides is 3. The third kappa shape index (κ3) is 6.21. The van der Waals surface area contributed by atoms with Crippen LogP contribution in [0, 0.1) is 5.92 Å². The van der Waals surface area contributed by atoms with Gasteiger partial charge in [0.25, 0.3) is 0 Å². The summed E-state index contributed by atoms with van der Waals surface area (Å²) in [6.45, 7) is 4.89. The first kappa shape index (κ1) is 25.6. The van der Waals surface area contributed by atoms with Gasteiger partial charge in [-0.15, -0.1) is 0 Å². The Hall–Kier alpha value is -2.62. The lowest BCUT2D eigenvalue weighted by Crippen LogP contribution is -2.56. The van der Waals surface area contributed by atoms with Gasteiger partial charge in [-0.05, 0) is 31.2 Å². The van der Waals surface area contributed by atoms with E-state index in [1.165, 1.54) is 4.90 Å². The Morgan fingerprint density at radius 2 is 1.81 bits per heavy atom. The molecule has 1 fully saturated rings. The minimum absolute atomic E-state index is 0.240. The number of carbonyl (C=O) groups excluding carboxylic acids is 3. The van der Waals surface area contributed by atoms with Gasteiger partial charge in [0.1, 0.15) is 6.04 Å². The number of rotatable bonds is 8. The maximum atomic E-state index is 13.4. The average Bonchev–Trinajstić information content (AvgIpc) is 3.22. The van der Waals surface area contributed by atoms with E-state index in [1.807, 2.05) is 0 Å². The molecule has 178 valence electrons. The highest BCUT2D eigenvalue weighted by Crippen LogP contribution is 2.30. The number of hydrogen-bond acceptors (Lipinski definition) is 4. The summed E-state index contributed by atoms with van der Waals surface area (Å²) in [6.07, 6.45) is -3.98. The predicted molar refractivity (Wildman–Crippen MR) is 113 cm³/mol. The van der Waals surface area contributed by atoms with Crippen LogP contribution in [-0.2, 0) is 14.4 Å². The molecule has 1 saturated heterocycles. The van der Waals surface area contributed by atoms with E-state index in [-0.39, 0.29) is 24.9 Å². The Balaban J connectivity index is 2.28. The van der Waals surface area contributed by atoms with Crippen molar-refractivity contribution in [3.8, 4) is 0 Å². The van der Waals surface area contributed by atoms with Crippen molar-refractivity contribution in [2.24, 2.45) is 11.7 Å². The molecule has 32 heavy (non-hydrogen) atoms. The third-order valence-corrected chi connectivity index (χ3v) is 5.76. The van der Waals surface area contributed by atoms with Crippen molar-refractivity contribution < 1.29 is 27.6 Å². The summed E-state index contributed by atoms with van der Waals surface area (Å²) in [5.74, 6) is -3.05. The van der Waals surface area contributed by atoms with E-state index < -0.39 is 36.1 Å². The standard InChI is InChI=1S/C22H31F3N4O3/c1-14(2)19(27-18(30)12-26)20(31)28-11-7-10-17(28)13-29(21(32)22(23,24)25)15(3)16-8-5-4-6-9-16/h4-6,8-9,14-15,17,19H,7,10-13,26H2,1-3H3,(H,27,30)/t15-,17+,19+/m1/s1. The van der Waals surface area contributed by atoms with Crippen molar-refractivity contribution in [1.29, 1.82) is 0 Å². The number of likely N-dealkylation sites (tertiary alicyclic amines) is 1. The second kappa shape index (κ2) is 10.8. The van der Waals surface area contributed by atoms with Crippen LogP contribution in [0.2, 0.25) is 0 Å². The van der Waals surface area contributed by atoms with Crippen molar-refractivity contribution in [3.05, 3.63) is 35.9 Å². The van der Waals surface area contributed by atoms with Crippen molar-refractivity contribution in [3.63, 3.8) is 0 Å². The molecule has 7 nitrogen and oxygen atoms in total. The van der Waals surface area contributed by atoms with Crippen LogP contribution in [0.4, 0.5) is 13.2 Å². The molecule has 10 heteroatoms. The van der Waals surface area contributed by atoms with Gasteiger partial charge in [0.05, 0.1) is 12.6 Å². The van der Waals surface area contributed by atoms with Gasteiger partial charge in [-0.1, -0.05) is 44.2 Å². The van der Waals surface area contributed by atoms with Crippen molar-refractivity contribution in [2.45, 2.75) is 57.9 Å². The zero-order chi connectivity index (χ0) is 24.1. The molecule has 1 heterocycles. The largest absolute Gasteiger partial charge is 0.471 e. The highest BCUT2D eigenvalue weighted by molar-refractivity contribution is 5.89. The molecular weight excluding hydrogens is 425 g/mol. The summed E-state index contributed by atoms with van der Waals surface area (Å²) >= 11 is 0. The smallest absolute Gasteiger partial charge is 0.343 e.